The van der Waals surface area contributed by atoms with Crippen LogP contribution in [0.2, 0.25) is 0 Å². The van der Waals surface area contributed by atoms with Gasteiger partial charge in [0.05, 0.1) is 36.5 Å². The summed E-state index contributed by atoms with van der Waals surface area (Å²) < 4.78 is 35.0. The molecule has 1 aliphatic rings. The molecule has 2 heterocycles. The van der Waals surface area contributed by atoms with Gasteiger partial charge in [-0.15, -0.1) is 11.3 Å². The van der Waals surface area contributed by atoms with E-state index in [1.807, 2.05) is 0 Å². The molecule has 176 valence electrons. The minimum Gasteiger partial charge on any atom is -0.497 e. The number of hydrogen-bond donors (Lipinski definition) is 1. The van der Waals surface area contributed by atoms with Crippen LogP contribution in [0.1, 0.15) is 35.8 Å². The summed E-state index contributed by atoms with van der Waals surface area (Å²) in [4.78, 5) is 27.0. The van der Waals surface area contributed by atoms with Gasteiger partial charge in [-0.3, -0.25) is 4.79 Å². The number of thiophene rings is 1. The standard InChI is InChI=1S/C22H25N3O6S2/c1-3-31-22(27)25-11-10-17-18(13-23)21(32-19(17)14-25)24-20(26)5-4-12-33(28,29)16-8-6-15(30-2)7-9-16/h6-9H,3-5,10-12,14H2,1-2H3,(H,24,26). The Kier molecular flexibility index (Phi) is 7.94. The third kappa shape index (κ3) is 5.83. The Bertz CT molecular complexity index is 1170. The number of nitrogens with one attached hydrogen (secondary N) is 1. The molecule has 0 aliphatic carbocycles. The molecule has 3 rings (SSSR count). The summed E-state index contributed by atoms with van der Waals surface area (Å²) in [7, 11) is -2.02. The normalized spacial score (nSPS) is 13.1. The van der Waals surface area contributed by atoms with E-state index in [0.717, 1.165) is 10.4 Å². The Morgan fingerprint density at radius 2 is 2.00 bits per heavy atom. The lowest BCUT2D eigenvalue weighted by molar-refractivity contribution is -0.116. The number of benzene rings is 1. The molecule has 1 aliphatic heterocycles. The second-order valence-corrected chi connectivity index (χ2v) is 10.6. The number of carbonyl (C=O) groups excluding carboxylic acids is 2. The highest BCUT2D eigenvalue weighted by Gasteiger charge is 2.28. The average Bonchev–Trinajstić information content (AvgIpc) is 3.15. The van der Waals surface area contributed by atoms with Crippen molar-refractivity contribution < 1.29 is 27.5 Å². The van der Waals surface area contributed by atoms with E-state index in [1.165, 1.54) is 30.6 Å². The van der Waals surface area contributed by atoms with Gasteiger partial charge >= 0.3 is 6.09 Å². The molecule has 0 bridgehead atoms. The van der Waals surface area contributed by atoms with Gasteiger partial charge in [0.2, 0.25) is 5.91 Å². The molecule has 0 fully saturated rings. The number of ether oxygens (including phenoxy) is 2. The summed E-state index contributed by atoms with van der Waals surface area (Å²) in [5.41, 5.74) is 1.23. The van der Waals surface area contributed by atoms with Gasteiger partial charge in [-0.2, -0.15) is 5.26 Å². The topological polar surface area (TPSA) is 126 Å². The van der Waals surface area contributed by atoms with Crippen LogP contribution in [0.5, 0.6) is 5.75 Å². The van der Waals surface area contributed by atoms with Crippen molar-refractivity contribution in [3.8, 4) is 11.8 Å². The molecule has 0 atom stereocenters. The van der Waals surface area contributed by atoms with E-state index in [0.29, 0.717) is 35.8 Å². The number of rotatable bonds is 8. The number of nitrogens with zero attached hydrogens (tertiary/aromatic N) is 2. The van der Waals surface area contributed by atoms with Crippen molar-refractivity contribution in [2.45, 2.75) is 37.6 Å². The number of hydrogen-bond acceptors (Lipinski definition) is 8. The fraction of sp³-hybridized carbons (Fsp3) is 0.409. The van der Waals surface area contributed by atoms with Gasteiger partial charge in [0.25, 0.3) is 0 Å². The smallest absolute Gasteiger partial charge is 0.410 e. The van der Waals surface area contributed by atoms with Gasteiger partial charge in [0, 0.05) is 17.8 Å². The van der Waals surface area contributed by atoms with Crippen molar-refractivity contribution >= 4 is 38.2 Å². The fourth-order valence-electron chi connectivity index (χ4n) is 3.49. The Labute approximate surface area is 196 Å². The first kappa shape index (κ1) is 24.5. The van der Waals surface area contributed by atoms with Crippen molar-refractivity contribution in [1.29, 1.82) is 5.26 Å². The first-order valence-electron chi connectivity index (χ1n) is 10.4. The van der Waals surface area contributed by atoms with E-state index in [9.17, 15) is 23.3 Å². The molecular formula is C22H25N3O6S2. The van der Waals surface area contributed by atoms with Crippen LogP contribution < -0.4 is 10.1 Å². The Balaban J connectivity index is 1.59. The summed E-state index contributed by atoms with van der Waals surface area (Å²) in [6, 6.07) is 8.24. The number of sulfone groups is 1. The summed E-state index contributed by atoms with van der Waals surface area (Å²) in [6.45, 7) is 2.78. The van der Waals surface area contributed by atoms with E-state index in [2.05, 4.69) is 11.4 Å². The second-order valence-electron chi connectivity index (χ2n) is 7.34. The van der Waals surface area contributed by atoms with Crippen LogP contribution in [0.4, 0.5) is 9.80 Å². The SMILES string of the molecule is CCOC(=O)N1CCc2c(sc(NC(=O)CCCS(=O)(=O)c3ccc(OC)cc3)c2C#N)C1. The minimum absolute atomic E-state index is 0.00221. The molecule has 0 unspecified atom stereocenters. The van der Waals surface area contributed by atoms with Crippen LogP contribution >= 0.6 is 11.3 Å². The Morgan fingerprint density at radius 3 is 2.64 bits per heavy atom. The molecule has 0 radical (unpaired) electrons. The monoisotopic (exact) mass is 491 g/mol. The molecule has 1 N–H and O–H groups in total. The number of fused-ring (bicyclic) bond motifs is 1. The van der Waals surface area contributed by atoms with Gasteiger partial charge in [-0.05, 0) is 49.6 Å². The van der Waals surface area contributed by atoms with Crippen LogP contribution in [0.25, 0.3) is 0 Å². The van der Waals surface area contributed by atoms with E-state index in [1.54, 1.807) is 24.0 Å². The molecule has 9 nitrogen and oxygen atoms in total. The fourth-order valence-corrected chi connectivity index (χ4v) is 6.03. The zero-order valence-electron chi connectivity index (χ0n) is 18.4. The maximum Gasteiger partial charge on any atom is 0.410 e. The molecular weight excluding hydrogens is 466 g/mol. The van der Waals surface area contributed by atoms with Crippen molar-refractivity contribution in [2.75, 3.05) is 31.3 Å². The van der Waals surface area contributed by atoms with Crippen molar-refractivity contribution in [1.82, 2.24) is 4.90 Å². The zero-order chi connectivity index (χ0) is 24.0. The second kappa shape index (κ2) is 10.7. The molecule has 0 saturated heterocycles. The quantitative estimate of drug-likeness (QED) is 0.600. The summed E-state index contributed by atoms with van der Waals surface area (Å²) in [5, 5.41) is 12.8. The Hall–Kier alpha value is -3.10. The van der Waals surface area contributed by atoms with Crippen LogP contribution in [0.3, 0.4) is 0 Å². The van der Waals surface area contributed by atoms with Gasteiger partial charge in [-0.1, -0.05) is 0 Å². The lowest BCUT2D eigenvalue weighted by Gasteiger charge is -2.25. The zero-order valence-corrected chi connectivity index (χ0v) is 20.1. The maximum absolute atomic E-state index is 12.5. The van der Waals surface area contributed by atoms with E-state index >= 15 is 0 Å². The van der Waals surface area contributed by atoms with Crippen LogP contribution in [-0.4, -0.2) is 51.3 Å². The van der Waals surface area contributed by atoms with Crippen LogP contribution in [0, 0.1) is 11.3 Å². The number of carbonyl (C=O) groups is 2. The molecule has 0 spiro atoms. The number of anilines is 1. The van der Waals surface area contributed by atoms with Crippen molar-refractivity contribution in [3.05, 3.63) is 40.3 Å². The third-order valence-electron chi connectivity index (χ3n) is 5.18. The van der Waals surface area contributed by atoms with E-state index in [4.69, 9.17) is 9.47 Å². The lowest BCUT2D eigenvalue weighted by Crippen LogP contribution is -2.35. The molecule has 2 amide bonds. The highest BCUT2D eigenvalue weighted by molar-refractivity contribution is 7.91. The number of amides is 2. The van der Waals surface area contributed by atoms with Gasteiger partial charge < -0.3 is 19.7 Å². The predicted octanol–water partition coefficient (Wildman–Crippen LogP) is 3.34. The van der Waals surface area contributed by atoms with Gasteiger partial charge in [0.15, 0.2) is 9.84 Å². The van der Waals surface area contributed by atoms with Crippen molar-refractivity contribution in [3.63, 3.8) is 0 Å². The molecule has 0 saturated carbocycles. The highest BCUT2D eigenvalue weighted by atomic mass is 32.2. The summed E-state index contributed by atoms with van der Waals surface area (Å²) in [5.74, 6) is 0.0238. The first-order valence-corrected chi connectivity index (χ1v) is 12.9. The third-order valence-corrected chi connectivity index (χ3v) is 8.13. The lowest BCUT2D eigenvalue weighted by atomic mass is 10.0. The molecule has 33 heavy (non-hydrogen) atoms. The molecule has 11 heteroatoms. The Morgan fingerprint density at radius 1 is 1.27 bits per heavy atom. The highest BCUT2D eigenvalue weighted by Crippen LogP contribution is 2.37. The molecule has 2 aromatic rings. The molecule has 1 aromatic carbocycles. The van der Waals surface area contributed by atoms with Crippen LogP contribution in [-0.2, 0) is 32.3 Å². The summed E-state index contributed by atoms with van der Waals surface area (Å²) in [6.07, 6.45) is 0.240. The molecule has 1 aromatic heterocycles. The average molecular weight is 492 g/mol. The van der Waals surface area contributed by atoms with E-state index in [-0.39, 0.29) is 36.0 Å². The first-order chi connectivity index (χ1) is 15.8. The number of methoxy groups -OCH3 is 1. The van der Waals surface area contributed by atoms with Crippen LogP contribution in [0.15, 0.2) is 29.2 Å². The minimum atomic E-state index is -3.52. The van der Waals surface area contributed by atoms with Gasteiger partial charge in [0.1, 0.15) is 16.8 Å². The largest absolute Gasteiger partial charge is 0.497 e. The van der Waals surface area contributed by atoms with E-state index < -0.39 is 15.9 Å². The van der Waals surface area contributed by atoms with Crippen molar-refractivity contribution in [2.24, 2.45) is 0 Å². The number of nitriles is 1. The predicted molar refractivity (Wildman–Crippen MR) is 123 cm³/mol. The van der Waals surface area contributed by atoms with Gasteiger partial charge in [-0.25, -0.2) is 13.2 Å². The maximum atomic E-state index is 12.5. The summed E-state index contributed by atoms with van der Waals surface area (Å²) >= 11 is 1.26.